The zero-order valence-corrected chi connectivity index (χ0v) is 13.1. The van der Waals surface area contributed by atoms with Gasteiger partial charge in [0.25, 0.3) is 0 Å². The fourth-order valence-electron chi connectivity index (χ4n) is 2.24. The summed E-state index contributed by atoms with van der Waals surface area (Å²) in [6.45, 7) is 2.70. The van der Waals surface area contributed by atoms with E-state index in [2.05, 4.69) is 10.6 Å². The summed E-state index contributed by atoms with van der Waals surface area (Å²) in [4.78, 5) is 33.9. The number of aliphatic carboxylic acids is 1. The summed E-state index contributed by atoms with van der Waals surface area (Å²) in [7, 11) is -1.67. The Bertz CT molecular complexity index is 434. The van der Waals surface area contributed by atoms with Gasteiger partial charge in [-0.1, -0.05) is 12.8 Å². The quantitative estimate of drug-likeness (QED) is 0.600. The van der Waals surface area contributed by atoms with E-state index < -0.39 is 34.0 Å². The van der Waals surface area contributed by atoms with Crippen LogP contribution in [-0.2, 0) is 25.2 Å². The van der Waals surface area contributed by atoms with Gasteiger partial charge in [0.15, 0.2) is 0 Å². The minimum atomic E-state index is -1.67. The van der Waals surface area contributed by atoms with E-state index in [0.29, 0.717) is 0 Å². The predicted octanol–water partition coefficient (Wildman–Crippen LogP) is -0.228. The molecule has 1 fully saturated rings. The first-order valence-corrected chi connectivity index (χ1v) is 8.37. The number of hydrogen-bond acceptors (Lipinski definition) is 4. The Kier molecular flexibility index (Phi) is 6.80. The second-order valence-electron chi connectivity index (χ2n) is 5.27. The van der Waals surface area contributed by atoms with Crippen LogP contribution in [0.2, 0.25) is 0 Å². The third kappa shape index (κ3) is 5.82. The Labute approximate surface area is 126 Å². The molecule has 0 spiro atoms. The van der Waals surface area contributed by atoms with Crippen molar-refractivity contribution in [2.45, 2.75) is 56.9 Å². The van der Waals surface area contributed by atoms with Gasteiger partial charge >= 0.3 is 5.97 Å². The van der Waals surface area contributed by atoms with Crippen molar-refractivity contribution in [2.75, 3.05) is 5.75 Å². The molecule has 3 atom stereocenters. The second-order valence-corrected chi connectivity index (χ2v) is 7.07. The average Bonchev–Trinajstić information content (AvgIpc) is 2.88. The third-order valence-corrected chi connectivity index (χ3v) is 5.14. The van der Waals surface area contributed by atoms with E-state index in [9.17, 15) is 18.6 Å². The fourth-order valence-corrected chi connectivity index (χ4v) is 3.39. The average molecular weight is 318 g/mol. The zero-order valence-electron chi connectivity index (χ0n) is 12.3. The largest absolute Gasteiger partial charge is 0.480 e. The van der Waals surface area contributed by atoms with Crippen molar-refractivity contribution in [3.8, 4) is 0 Å². The van der Waals surface area contributed by atoms with E-state index in [1.807, 2.05) is 0 Å². The normalized spacial score (nSPS) is 19.5. The number of nitrogens with one attached hydrogen (secondary N) is 2. The zero-order chi connectivity index (χ0) is 16.0. The van der Waals surface area contributed by atoms with Crippen molar-refractivity contribution in [1.82, 2.24) is 10.6 Å². The molecule has 0 saturated heterocycles. The van der Waals surface area contributed by atoms with Crippen LogP contribution in [0.1, 0.15) is 39.5 Å². The van der Waals surface area contributed by atoms with Crippen LogP contribution < -0.4 is 10.6 Å². The van der Waals surface area contributed by atoms with E-state index in [1.165, 1.54) is 13.8 Å². The summed E-state index contributed by atoms with van der Waals surface area (Å²) in [6.07, 6.45) is 4.00. The molecule has 0 heterocycles. The van der Waals surface area contributed by atoms with E-state index in [-0.39, 0.29) is 17.7 Å². The first-order valence-electron chi connectivity index (χ1n) is 6.98. The molecule has 120 valence electrons. The molecule has 0 aliphatic heterocycles. The number of carboxylic acids is 1. The van der Waals surface area contributed by atoms with Crippen LogP contribution in [0.3, 0.4) is 0 Å². The highest BCUT2D eigenvalue weighted by Gasteiger charge is 2.28. The molecule has 0 radical (unpaired) electrons. The molecule has 7 nitrogen and oxygen atoms in total. The van der Waals surface area contributed by atoms with E-state index in [1.54, 1.807) is 0 Å². The number of amides is 2. The number of rotatable bonds is 7. The van der Waals surface area contributed by atoms with Crippen LogP contribution in [0, 0.1) is 0 Å². The molecule has 1 aliphatic rings. The number of hydrogen-bond donors (Lipinski definition) is 3. The van der Waals surface area contributed by atoms with E-state index in [4.69, 9.17) is 5.11 Å². The lowest BCUT2D eigenvalue weighted by molar-refractivity contribution is -0.140. The van der Waals surface area contributed by atoms with Crippen molar-refractivity contribution >= 4 is 28.6 Å². The highest BCUT2D eigenvalue weighted by atomic mass is 32.2. The Hall–Kier alpha value is -1.44. The van der Waals surface area contributed by atoms with E-state index >= 15 is 0 Å². The molecule has 1 rings (SSSR count). The molecule has 0 aromatic heterocycles. The molecule has 0 aromatic carbocycles. The summed E-state index contributed by atoms with van der Waals surface area (Å²) in [5, 5.41) is 13.2. The summed E-state index contributed by atoms with van der Waals surface area (Å²) in [6, 6.07) is -1.12. The van der Waals surface area contributed by atoms with Crippen LogP contribution in [0.4, 0.5) is 0 Å². The summed E-state index contributed by atoms with van der Waals surface area (Å²) in [5.74, 6) is -2.38. The molecular formula is C13H22N2O5S. The van der Waals surface area contributed by atoms with E-state index in [0.717, 1.165) is 25.7 Å². The molecule has 2 amide bonds. The van der Waals surface area contributed by atoms with Gasteiger partial charge in [-0.05, 0) is 19.8 Å². The molecule has 8 heteroatoms. The number of carboxylic acid groups (broad SMARTS) is 1. The molecule has 0 aromatic rings. The van der Waals surface area contributed by atoms with Gasteiger partial charge in [-0.3, -0.25) is 13.8 Å². The van der Waals surface area contributed by atoms with Crippen LogP contribution in [0.5, 0.6) is 0 Å². The topological polar surface area (TPSA) is 113 Å². The third-order valence-electron chi connectivity index (χ3n) is 3.47. The van der Waals surface area contributed by atoms with Gasteiger partial charge in [0, 0.05) is 23.8 Å². The molecule has 0 bridgehead atoms. The maximum atomic E-state index is 12.1. The number of carbonyl (C=O) groups is 3. The molecule has 1 saturated carbocycles. The van der Waals surface area contributed by atoms with Gasteiger partial charge in [0.1, 0.15) is 11.3 Å². The number of carbonyl (C=O) groups excluding carboxylic acids is 2. The van der Waals surface area contributed by atoms with Crippen LogP contribution >= 0.6 is 0 Å². The summed E-state index contributed by atoms with van der Waals surface area (Å²) >= 11 is 0. The van der Waals surface area contributed by atoms with Gasteiger partial charge < -0.3 is 15.7 Å². The summed E-state index contributed by atoms with van der Waals surface area (Å²) in [5.41, 5.74) is 0. The predicted molar refractivity (Wildman–Crippen MR) is 78.1 cm³/mol. The molecule has 3 N–H and O–H groups in total. The first kappa shape index (κ1) is 17.6. The Morgan fingerprint density at radius 2 is 1.86 bits per heavy atom. The Morgan fingerprint density at radius 1 is 1.29 bits per heavy atom. The van der Waals surface area contributed by atoms with Crippen molar-refractivity contribution in [1.29, 1.82) is 0 Å². The van der Waals surface area contributed by atoms with Crippen molar-refractivity contribution in [3.05, 3.63) is 0 Å². The maximum absolute atomic E-state index is 12.1. The van der Waals surface area contributed by atoms with Gasteiger partial charge in [0.05, 0.1) is 5.75 Å². The first-order chi connectivity index (χ1) is 9.81. The minimum Gasteiger partial charge on any atom is -0.480 e. The highest BCUT2D eigenvalue weighted by molar-refractivity contribution is 7.86. The van der Waals surface area contributed by atoms with Crippen LogP contribution in [0.25, 0.3) is 0 Å². The lowest BCUT2D eigenvalue weighted by Crippen LogP contribution is -2.47. The van der Waals surface area contributed by atoms with Gasteiger partial charge in [-0.15, -0.1) is 0 Å². The summed E-state index contributed by atoms with van der Waals surface area (Å²) < 4.78 is 12.1. The minimum absolute atomic E-state index is 0.127. The van der Waals surface area contributed by atoms with Crippen LogP contribution in [0.15, 0.2) is 0 Å². The SMILES string of the molecule is CC(=O)N[C@@H](CS(=O)C(C)C(=O)NC1CCCC1)C(=O)O. The van der Waals surface area contributed by atoms with Gasteiger partial charge in [0.2, 0.25) is 11.8 Å². The lowest BCUT2D eigenvalue weighted by Gasteiger charge is -2.18. The van der Waals surface area contributed by atoms with Gasteiger partial charge in [-0.25, -0.2) is 4.79 Å². The van der Waals surface area contributed by atoms with Gasteiger partial charge in [-0.2, -0.15) is 0 Å². The Balaban J connectivity index is 2.53. The molecule has 1 aliphatic carbocycles. The molecular weight excluding hydrogens is 296 g/mol. The molecule has 2 unspecified atom stereocenters. The van der Waals surface area contributed by atoms with Crippen molar-refractivity contribution in [3.63, 3.8) is 0 Å². The monoisotopic (exact) mass is 318 g/mol. The lowest BCUT2D eigenvalue weighted by atomic mass is 10.2. The van der Waals surface area contributed by atoms with Crippen LogP contribution in [-0.4, -0.2) is 50.2 Å². The fraction of sp³-hybridized carbons (Fsp3) is 0.769. The van der Waals surface area contributed by atoms with Crippen molar-refractivity contribution in [2.24, 2.45) is 0 Å². The molecule has 21 heavy (non-hydrogen) atoms. The highest BCUT2D eigenvalue weighted by Crippen LogP contribution is 2.18. The standard InChI is InChI=1S/C13H22N2O5S/c1-8(12(17)15-10-5-3-4-6-10)21(20)7-11(13(18)19)14-9(2)16/h8,10-11H,3-7H2,1-2H3,(H,14,16)(H,15,17)(H,18,19)/t8?,11-,21?/m0/s1. The smallest absolute Gasteiger partial charge is 0.327 e. The van der Waals surface area contributed by atoms with Crippen molar-refractivity contribution < 1.29 is 23.7 Å². The maximum Gasteiger partial charge on any atom is 0.327 e. The second kappa shape index (κ2) is 8.11. The Morgan fingerprint density at radius 3 is 2.33 bits per heavy atom.